The lowest BCUT2D eigenvalue weighted by Crippen LogP contribution is -2.30. The maximum absolute atomic E-state index is 12.7. The van der Waals surface area contributed by atoms with E-state index in [-0.39, 0.29) is 31.1 Å². The van der Waals surface area contributed by atoms with E-state index in [0.29, 0.717) is 19.3 Å². The van der Waals surface area contributed by atoms with Gasteiger partial charge in [-0.2, -0.15) is 0 Å². The van der Waals surface area contributed by atoms with Gasteiger partial charge in [-0.15, -0.1) is 0 Å². The van der Waals surface area contributed by atoms with E-state index < -0.39 is 6.10 Å². The first kappa shape index (κ1) is 56.4. The van der Waals surface area contributed by atoms with Crippen LogP contribution in [-0.4, -0.2) is 37.2 Å². The molecule has 0 saturated heterocycles. The zero-order chi connectivity index (χ0) is 42.7. The fourth-order valence-electron chi connectivity index (χ4n) is 7.73. The minimum atomic E-state index is -0.763. The van der Waals surface area contributed by atoms with Crippen LogP contribution in [0.3, 0.4) is 0 Å². The summed E-state index contributed by atoms with van der Waals surface area (Å²) in [6.45, 7) is 13.7. The molecule has 0 saturated carbocycles. The van der Waals surface area contributed by atoms with Gasteiger partial charge in [-0.3, -0.25) is 14.4 Å². The minimum absolute atomic E-state index is 0.0657. The lowest BCUT2D eigenvalue weighted by atomic mass is 10.00. The van der Waals surface area contributed by atoms with Crippen LogP contribution >= 0.6 is 0 Å². The molecule has 0 amide bonds. The van der Waals surface area contributed by atoms with Gasteiger partial charge in [0.15, 0.2) is 6.10 Å². The van der Waals surface area contributed by atoms with Gasteiger partial charge in [0.05, 0.1) is 0 Å². The van der Waals surface area contributed by atoms with E-state index in [0.717, 1.165) is 75.5 Å². The van der Waals surface area contributed by atoms with Crippen LogP contribution in [0.25, 0.3) is 0 Å². The van der Waals surface area contributed by atoms with Crippen LogP contribution in [-0.2, 0) is 28.6 Å². The normalized spacial score (nSPS) is 12.6. The van der Waals surface area contributed by atoms with Crippen molar-refractivity contribution in [3.05, 3.63) is 0 Å². The van der Waals surface area contributed by atoms with E-state index in [2.05, 4.69) is 41.5 Å². The second kappa shape index (κ2) is 43.5. The number of carbonyl (C=O) groups excluding carboxylic acids is 3. The Morgan fingerprint density at radius 1 is 0.345 bits per heavy atom. The number of carbonyl (C=O) groups is 3. The number of unbranched alkanes of at least 4 members (excludes halogenated alkanes) is 27. The highest BCUT2D eigenvalue weighted by atomic mass is 16.6. The molecule has 6 heteroatoms. The third-order valence-electron chi connectivity index (χ3n) is 12.0. The lowest BCUT2D eigenvalue weighted by molar-refractivity contribution is -0.167. The van der Waals surface area contributed by atoms with Gasteiger partial charge in [-0.1, -0.05) is 241 Å². The Morgan fingerprint density at radius 3 is 0.897 bits per heavy atom. The highest BCUT2D eigenvalue weighted by Crippen LogP contribution is 2.18. The number of esters is 3. The summed E-state index contributed by atoms with van der Waals surface area (Å²) in [5.41, 5.74) is 0. The van der Waals surface area contributed by atoms with Crippen molar-refractivity contribution >= 4 is 17.9 Å². The number of rotatable bonds is 45. The topological polar surface area (TPSA) is 78.9 Å². The summed E-state index contributed by atoms with van der Waals surface area (Å²) in [5.74, 6) is 1.60. The second-order valence-corrected chi connectivity index (χ2v) is 19.0. The van der Waals surface area contributed by atoms with Gasteiger partial charge in [0.25, 0.3) is 0 Å². The monoisotopic (exact) mass is 821 g/mol. The molecule has 0 bridgehead atoms. The van der Waals surface area contributed by atoms with Crippen LogP contribution in [0.4, 0.5) is 0 Å². The molecular formula is C52H100O6. The zero-order valence-corrected chi connectivity index (χ0v) is 39.8. The first-order valence-electron chi connectivity index (χ1n) is 25.6. The molecule has 0 heterocycles. The predicted octanol–water partition coefficient (Wildman–Crippen LogP) is 16.4. The zero-order valence-electron chi connectivity index (χ0n) is 39.8. The molecule has 0 fully saturated rings. The van der Waals surface area contributed by atoms with E-state index in [9.17, 15) is 14.4 Å². The van der Waals surface area contributed by atoms with Crippen molar-refractivity contribution < 1.29 is 28.6 Å². The van der Waals surface area contributed by atoms with E-state index in [1.807, 2.05) is 0 Å². The lowest BCUT2D eigenvalue weighted by Gasteiger charge is -2.18. The first-order chi connectivity index (χ1) is 28.1. The predicted molar refractivity (Wildman–Crippen MR) is 247 cm³/mol. The summed E-state index contributed by atoms with van der Waals surface area (Å²) in [4.78, 5) is 37.8. The van der Waals surface area contributed by atoms with Crippen LogP contribution in [0.5, 0.6) is 0 Å². The maximum atomic E-state index is 12.7. The molecule has 0 spiro atoms. The second-order valence-electron chi connectivity index (χ2n) is 19.0. The van der Waals surface area contributed by atoms with E-state index in [1.165, 1.54) is 161 Å². The van der Waals surface area contributed by atoms with E-state index >= 15 is 0 Å². The molecule has 0 N–H and O–H groups in total. The molecule has 0 aromatic carbocycles. The fourth-order valence-corrected chi connectivity index (χ4v) is 7.73. The molecule has 0 aliphatic rings. The summed E-state index contributed by atoms with van der Waals surface area (Å²) in [7, 11) is 0. The molecule has 6 nitrogen and oxygen atoms in total. The largest absolute Gasteiger partial charge is 0.462 e. The van der Waals surface area contributed by atoms with Gasteiger partial charge in [0.2, 0.25) is 0 Å². The Bertz CT molecular complexity index is 900. The summed E-state index contributed by atoms with van der Waals surface area (Å²) in [6.07, 6.45) is 42.4. The number of hydrogen-bond donors (Lipinski definition) is 0. The Morgan fingerprint density at radius 2 is 0.603 bits per heavy atom. The number of ether oxygens (including phenoxy) is 3. The van der Waals surface area contributed by atoms with Crippen molar-refractivity contribution in [2.24, 2.45) is 17.8 Å². The van der Waals surface area contributed by atoms with Crippen LogP contribution < -0.4 is 0 Å². The Hall–Kier alpha value is -1.59. The summed E-state index contributed by atoms with van der Waals surface area (Å²) < 4.78 is 16.8. The van der Waals surface area contributed by atoms with Gasteiger partial charge in [-0.25, -0.2) is 0 Å². The van der Waals surface area contributed by atoms with Crippen LogP contribution in [0.1, 0.15) is 279 Å². The number of hydrogen-bond acceptors (Lipinski definition) is 6. The Kier molecular flexibility index (Phi) is 42.3. The summed E-state index contributed by atoms with van der Waals surface area (Å²) in [6, 6.07) is 0. The molecule has 0 aromatic rings. The highest BCUT2D eigenvalue weighted by molar-refractivity contribution is 5.71. The van der Waals surface area contributed by atoms with E-state index in [1.54, 1.807) is 0 Å². The average Bonchev–Trinajstić information content (AvgIpc) is 3.19. The van der Waals surface area contributed by atoms with Crippen molar-refractivity contribution in [1.82, 2.24) is 0 Å². The molecule has 0 aromatic heterocycles. The highest BCUT2D eigenvalue weighted by Gasteiger charge is 2.19. The van der Waals surface area contributed by atoms with E-state index in [4.69, 9.17) is 14.2 Å². The molecule has 1 unspecified atom stereocenters. The smallest absolute Gasteiger partial charge is 0.306 e. The Labute approximate surface area is 361 Å². The first-order valence-corrected chi connectivity index (χ1v) is 25.6. The molecule has 2 atom stereocenters. The molecule has 0 aliphatic carbocycles. The molecule has 58 heavy (non-hydrogen) atoms. The third kappa shape index (κ3) is 44.0. The Balaban J connectivity index is 4.24. The van der Waals surface area contributed by atoms with Gasteiger partial charge in [0, 0.05) is 19.3 Å². The molecular weight excluding hydrogens is 721 g/mol. The average molecular weight is 821 g/mol. The van der Waals surface area contributed by atoms with Gasteiger partial charge >= 0.3 is 17.9 Å². The van der Waals surface area contributed by atoms with Gasteiger partial charge in [0.1, 0.15) is 13.2 Å². The maximum Gasteiger partial charge on any atom is 0.306 e. The van der Waals surface area contributed by atoms with Crippen molar-refractivity contribution in [3.8, 4) is 0 Å². The van der Waals surface area contributed by atoms with Crippen molar-refractivity contribution in [3.63, 3.8) is 0 Å². The summed E-state index contributed by atoms with van der Waals surface area (Å²) in [5, 5.41) is 0. The SMILES string of the molecule is CCC(C)CCCCCCCCC(=O)OC[C@H](COC(=O)CCCCCCCCCCCCCCCCCCC(C)C)OC(=O)CCCCCCCCCCC(C)C. The molecule has 0 rings (SSSR count). The minimum Gasteiger partial charge on any atom is -0.462 e. The quantitative estimate of drug-likeness (QED) is 0.0346. The van der Waals surface area contributed by atoms with Crippen LogP contribution in [0, 0.1) is 17.8 Å². The third-order valence-corrected chi connectivity index (χ3v) is 12.0. The fraction of sp³-hybridized carbons (Fsp3) is 0.942. The summed E-state index contributed by atoms with van der Waals surface area (Å²) >= 11 is 0. The van der Waals surface area contributed by atoms with Crippen molar-refractivity contribution in [2.75, 3.05) is 13.2 Å². The van der Waals surface area contributed by atoms with Crippen molar-refractivity contribution in [2.45, 2.75) is 285 Å². The molecule has 0 radical (unpaired) electrons. The molecule has 0 aliphatic heterocycles. The van der Waals surface area contributed by atoms with Crippen molar-refractivity contribution in [1.29, 1.82) is 0 Å². The van der Waals surface area contributed by atoms with Crippen LogP contribution in [0.2, 0.25) is 0 Å². The standard InChI is InChI=1S/C52H100O6/c1-7-48(6)40-34-28-24-25-30-36-42-51(54)57-45-49(58-52(55)43-37-31-23-19-18-21-27-33-39-47(4)5)44-56-50(53)41-35-29-22-17-15-13-11-9-8-10-12-14-16-20-26-32-38-46(2)3/h46-49H,7-45H2,1-6H3/t48?,49-/m0/s1. The van der Waals surface area contributed by atoms with Gasteiger partial charge in [-0.05, 0) is 37.0 Å². The van der Waals surface area contributed by atoms with Crippen LogP contribution in [0.15, 0.2) is 0 Å². The van der Waals surface area contributed by atoms with Gasteiger partial charge < -0.3 is 14.2 Å². The molecule has 344 valence electrons.